The Bertz CT molecular complexity index is 916. The Balaban J connectivity index is 1.62. The van der Waals surface area contributed by atoms with E-state index in [4.69, 9.17) is 30.5 Å². The zero-order chi connectivity index (χ0) is 20.4. The smallest absolute Gasteiger partial charge is 0.254 e. The lowest BCUT2D eigenvalue weighted by molar-refractivity contribution is 0.0734. The number of likely N-dealkylation sites (tertiary alicyclic amines) is 1. The summed E-state index contributed by atoms with van der Waals surface area (Å²) in [7, 11) is 1.54. The fraction of sp³-hybridized carbons (Fsp3) is 0.409. The van der Waals surface area contributed by atoms with Crippen LogP contribution in [0.15, 0.2) is 30.3 Å². The van der Waals surface area contributed by atoms with Crippen LogP contribution in [0.3, 0.4) is 0 Å². The lowest BCUT2D eigenvalue weighted by atomic mass is 10.0. The van der Waals surface area contributed by atoms with Crippen LogP contribution in [-0.4, -0.2) is 44.3 Å². The predicted octanol–water partition coefficient (Wildman–Crippen LogP) is 4.50. The first-order chi connectivity index (χ1) is 14.1. The molecule has 0 aliphatic carbocycles. The maximum atomic E-state index is 13.3. The normalized spacial score (nSPS) is 17.9. The number of fused-ring (bicyclic) bond motifs is 1. The van der Waals surface area contributed by atoms with Crippen molar-refractivity contribution < 1.29 is 23.7 Å². The molecule has 1 fully saturated rings. The summed E-state index contributed by atoms with van der Waals surface area (Å²) in [6, 6.07) is 9.23. The van der Waals surface area contributed by atoms with Gasteiger partial charge in [0.2, 0.25) is 0 Å². The summed E-state index contributed by atoms with van der Waals surface area (Å²) < 4.78 is 22.3. The molecule has 2 heterocycles. The number of benzene rings is 2. The zero-order valence-corrected chi connectivity index (χ0v) is 17.3. The second-order valence-corrected chi connectivity index (χ2v) is 7.39. The van der Waals surface area contributed by atoms with Gasteiger partial charge in [-0.25, -0.2) is 0 Å². The van der Waals surface area contributed by atoms with E-state index < -0.39 is 0 Å². The molecule has 0 N–H and O–H groups in total. The fourth-order valence-corrected chi connectivity index (χ4v) is 4.18. The van der Waals surface area contributed by atoms with Crippen molar-refractivity contribution in [3.8, 4) is 23.0 Å². The number of carbonyl (C=O) groups is 1. The molecular weight excluding hydrogens is 394 g/mol. The first-order valence-corrected chi connectivity index (χ1v) is 10.2. The lowest BCUT2D eigenvalue weighted by Crippen LogP contribution is -2.30. The Morgan fingerprint density at radius 2 is 2.00 bits per heavy atom. The summed E-state index contributed by atoms with van der Waals surface area (Å²) >= 11 is 6.37. The van der Waals surface area contributed by atoms with Crippen LogP contribution < -0.4 is 18.9 Å². The maximum absolute atomic E-state index is 13.3. The third kappa shape index (κ3) is 3.81. The third-order valence-electron chi connectivity index (χ3n) is 5.23. The monoisotopic (exact) mass is 417 g/mol. The number of carbonyl (C=O) groups excluding carboxylic acids is 1. The Morgan fingerprint density at radius 1 is 1.21 bits per heavy atom. The highest BCUT2D eigenvalue weighted by atomic mass is 35.5. The number of methoxy groups -OCH3 is 1. The molecule has 6 nitrogen and oxygen atoms in total. The average Bonchev–Trinajstić information content (AvgIpc) is 3.24. The Kier molecular flexibility index (Phi) is 5.72. The first-order valence-electron chi connectivity index (χ1n) is 9.83. The molecule has 0 aromatic heterocycles. The molecule has 1 amide bonds. The highest BCUT2D eigenvalue weighted by Gasteiger charge is 2.32. The van der Waals surface area contributed by atoms with Crippen LogP contribution in [0.2, 0.25) is 5.02 Å². The minimum absolute atomic E-state index is 0.0188. The summed E-state index contributed by atoms with van der Waals surface area (Å²) in [4.78, 5) is 15.2. The number of hydrogen-bond acceptors (Lipinski definition) is 5. The molecule has 7 heteroatoms. The Morgan fingerprint density at radius 3 is 2.76 bits per heavy atom. The van der Waals surface area contributed by atoms with Gasteiger partial charge in [-0.1, -0.05) is 17.7 Å². The van der Waals surface area contributed by atoms with Crippen molar-refractivity contribution in [2.24, 2.45) is 0 Å². The number of rotatable bonds is 5. The molecule has 1 saturated heterocycles. The Labute approximate surface area is 175 Å². The SMILES string of the molecule is CCOc1c(Cl)cc(C(=O)N2CCCC2c2ccc3c(c2)OCCO3)cc1OC. The molecule has 2 aromatic carbocycles. The van der Waals surface area contributed by atoms with Gasteiger partial charge in [0.1, 0.15) is 13.2 Å². The second kappa shape index (κ2) is 8.41. The van der Waals surface area contributed by atoms with E-state index in [-0.39, 0.29) is 11.9 Å². The molecule has 4 rings (SSSR count). The van der Waals surface area contributed by atoms with Gasteiger partial charge in [-0.05, 0) is 49.6 Å². The van der Waals surface area contributed by atoms with Crippen molar-refractivity contribution in [3.63, 3.8) is 0 Å². The van der Waals surface area contributed by atoms with Gasteiger partial charge in [0, 0.05) is 12.1 Å². The quantitative estimate of drug-likeness (QED) is 0.717. The Hall–Kier alpha value is -2.60. The van der Waals surface area contributed by atoms with Crippen LogP contribution in [-0.2, 0) is 0 Å². The van der Waals surface area contributed by atoms with E-state index in [1.807, 2.05) is 30.0 Å². The van der Waals surface area contributed by atoms with E-state index >= 15 is 0 Å². The summed E-state index contributed by atoms with van der Waals surface area (Å²) in [5, 5.41) is 0.365. The summed E-state index contributed by atoms with van der Waals surface area (Å²) in [6.07, 6.45) is 1.83. The van der Waals surface area contributed by atoms with E-state index in [0.29, 0.717) is 48.5 Å². The third-order valence-corrected chi connectivity index (χ3v) is 5.51. The van der Waals surface area contributed by atoms with Crippen LogP contribution >= 0.6 is 11.6 Å². The van der Waals surface area contributed by atoms with Gasteiger partial charge in [-0.2, -0.15) is 0 Å². The van der Waals surface area contributed by atoms with Gasteiger partial charge >= 0.3 is 0 Å². The second-order valence-electron chi connectivity index (χ2n) is 6.98. The van der Waals surface area contributed by atoms with E-state index in [1.54, 1.807) is 12.1 Å². The van der Waals surface area contributed by atoms with Crippen molar-refractivity contribution in [2.45, 2.75) is 25.8 Å². The number of nitrogens with zero attached hydrogens (tertiary/aromatic N) is 1. The van der Waals surface area contributed by atoms with Crippen LogP contribution in [0.5, 0.6) is 23.0 Å². The van der Waals surface area contributed by atoms with Gasteiger partial charge < -0.3 is 23.8 Å². The molecule has 1 unspecified atom stereocenters. The van der Waals surface area contributed by atoms with E-state index in [0.717, 1.165) is 29.9 Å². The summed E-state index contributed by atoms with van der Waals surface area (Å²) in [5.41, 5.74) is 1.53. The van der Waals surface area contributed by atoms with Gasteiger partial charge in [-0.15, -0.1) is 0 Å². The van der Waals surface area contributed by atoms with Crippen molar-refractivity contribution in [1.82, 2.24) is 4.90 Å². The maximum Gasteiger partial charge on any atom is 0.254 e. The molecule has 0 spiro atoms. The zero-order valence-electron chi connectivity index (χ0n) is 16.6. The molecule has 2 aromatic rings. The van der Waals surface area contributed by atoms with Gasteiger partial charge in [0.05, 0.1) is 24.8 Å². The number of ether oxygens (including phenoxy) is 4. The molecule has 0 bridgehead atoms. The van der Waals surface area contributed by atoms with Crippen LogP contribution in [0.1, 0.15) is 41.7 Å². The van der Waals surface area contributed by atoms with Crippen molar-refractivity contribution in [2.75, 3.05) is 33.5 Å². The highest BCUT2D eigenvalue weighted by Crippen LogP contribution is 2.40. The molecule has 0 radical (unpaired) electrons. The fourth-order valence-electron chi connectivity index (χ4n) is 3.92. The molecule has 0 saturated carbocycles. The van der Waals surface area contributed by atoms with E-state index in [2.05, 4.69) is 0 Å². The number of hydrogen-bond donors (Lipinski definition) is 0. The van der Waals surface area contributed by atoms with Gasteiger partial charge in [-0.3, -0.25) is 4.79 Å². The molecule has 154 valence electrons. The van der Waals surface area contributed by atoms with E-state index in [1.165, 1.54) is 7.11 Å². The predicted molar refractivity (Wildman–Crippen MR) is 110 cm³/mol. The number of halogens is 1. The minimum atomic E-state index is -0.0781. The van der Waals surface area contributed by atoms with Gasteiger partial charge in [0.25, 0.3) is 5.91 Å². The first kappa shape index (κ1) is 19.7. The molecule has 29 heavy (non-hydrogen) atoms. The largest absolute Gasteiger partial charge is 0.493 e. The standard InChI is InChI=1S/C22H24ClNO5/c1-3-27-21-16(23)11-15(13-20(21)26-2)22(25)24-8-4-5-17(24)14-6-7-18-19(12-14)29-10-9-28-18/h6-7,11-13,17H,3-5,8-10H2,1-2H3. The highest BCUT2D eigenvalue weighted by molar-refractivity contribution is 6.32. The minimum Gasteiger partial charge on any atom is -0.493 e. The van der Waals surface area contributed by atoms with Crippen LogP contribution in [0.4, 0.5) is 0 Å². The van der Waals surface area contributed by atoms with Crippen LogP contribution in [0.25, 0.3) is 0 Å². The molecule has 1 atom stereocenters. The number of amides is 1. The molecular formula is C22H24ClNO5. The van der Waals surface area contributed by atoms with Crippen molar-refractivity contribution >= 4 is 17.5 Å². The summed E-state index contributed by atoms with van der Waals surface area (Å²) in [6.45, 7) is 4.11. The average molecular weight is 418 g/mol. The van der Waals surface area contributed by atoms with Crippen molar-refractivity contribution in [3.05, 3.63) is 46.5 Å². The van der Waals surface area contributed by atoms with E-state index in [9.17, 15) is 4.79 Å². The lowest BCUT2D eigenvalue weighted by Gasteiger charge is -2.27. The van der Waals surface area contributed by atoms with Crippen molar-refractivity contribution in [1.29, 1.82) is 0 Å². The summed E-state index contributed by atoms with van der Waals surface area (Å²) in [5.74, 6) is 2.32. The molecule has 2 aliphatic heterocycles. The topological polar surface area (TPSA) is 57.2 Å². The molecule has 2 aliphatic rings. The van der Waals surface area contributed by atoms with Gasteiger partial charge in [0.15, 0.2) is 23.0 Å². The van der Waals surface area contributed by atoms with Crippen LogP contribution in [0, 0.1) is 0 Å².